The van der Waals surface area contributed by atoms with Crippen molar-refractivity contribution in [3.63, 3.8) is 0 Å². The Kier molecular flexibility index (Phi) is 7.65. The smallest absolute Gasteiger partial charge is 0.261 e. The summed E-state index contributed by atoms with van der Waals surface area (Å²) < 4.78 is 29.4. The third-order valence-corrected chi connectivity index (χ3v) is 8.04. The van der Waals surface area contributed by atoms with Gasteiger partial charge in [-0.3, -0.25) is 14.3 Å². The zero-order valence-electron chi connectivity index (χ0n) is 21.5. The molecule has 7 heteroatoms. The van der Waals surface area contributed by atoms with Crippen LogP contribution in [0.25, 0.3) is 11.1 Å². The summed E-state index contributed by atoms with van der Waals surface area (Å²) in [6.45, 7) is 1.87. The molecular weight excluding hydrogens is 542 g/mol. The van der Waals surface area contributed by atoms with Gasteiger partial charge in [-0.05, 0) is 37.3 Å². The van der Waals surface area contributed by atoms with E-state index >= 15 is 0 Å². The maximum absolute atomic E-state index is 13.8. The molecule has 198 valence electrons. The molecule has 0 aliphatic heterocycles. The molecule has 0 amide bonds. The zero-order valence-corrected chi connectivity index (χ0v) is 23.0. The molecule has 0 fully saturated rings. The number of aryl methyl sites for hydroxylation is 1. The van der Waals surface area contributed by atoms with Crippen LogP contribution in [-0.4, -0.2) is 20.0 Å². The predicted molar refractivity (Wildman–Crippen MR) is 159 cm³/mol. The Labute approximate surface area is 238 Å². The number of carbonyl (C=O) groups is 2. The SMILES string of the molecule is Cc1ccc(S(=O)(=O)Nc2ccccc2-c2c(C(=O)c3ccccc3)cc(Cl)cc2C(=O)c2ccccc2)cc1. The fourth-order valence-electron chi connectivity index (χ4n) is 4.46. The summed E-state index contributed by atoms with van der Waals surface area (Å²) in [5, 5.41) is 0.208. The second-order valence-corrected chi connectivity index (χ2v) is 11.3. The molecule has 0 aliphatic carbocycles. The number of halogens is 1. The monoisotopic (exact) mass is 565 g/mol. The predicted octanol–water partition coefficient (Wildman–Crippen LogP) is 7.58. The highest BCUT2D eigenvalue weighted by atomic mass is 35.5. The van der Waals surface area contributed by atoms with E-state index in [9.17, 15) is 18.0 Å². The van der Waals surface area contributed by atoms with Crippen LogP contribution in [0.2, 0.25) is 5.02 Å². The molecule has 0 aliphatic rings. The Bertz CT molecular complexity index is 1750. The zero-order chi connectivity index (χ0) is 28.3. The molecule has 0 spiro atoms. The van der Waals surface area contributed by atoms with Crippen LogP contribution in [0.3, 0.4) is 0 Å². The number of sulfonamides is 1. The van der Waals surface area contributed by atoms with Crippen molar-refractivity contribution in [1.29, 1.82) is 0 Å². The van der Waals surface area contributed by atoms with Crippen molar-refractivity contribution in [1.82, 2.24) is 0 Å². The van der Waals surface area contributed by atoms with E-state index < -0.39 is 10.0 Å². The normalized spacial score (nSPS) is 11.2. The largest absolute Gasteiger partial charge is 0.289 e. The van der Waals surface area contributed by atoms with Gasteiger partial charge in [0.2, 0.25) is 0 Å². The number of para-hydroxylation sites is 1. The van der Waals surface area contributed by atoms with Gasteiger partial charge in [-0.15, -0.1) is 0 Å². The number of ketones is 2. The van der Waals surface area contributed by atoms with Crippen LogP contribution in [0.4, 0.5) is 5.69 Å². The van der Waals surface area contributed by atoms with E-state index in [-0.39, 0.29) is 43.9 Å². The summed E-state index contributed by atoms with van der Waals surface area (Å²) in [7, 11) is -3.99. The fourth-order valence-corrected chi connectivity index (χ4v) is 5.75. The van der Waals surface area contributed by atoms with Gasteiger partial charge in [0.1, 0.15) is 0 Å². The van der Waals surface area contributed by atoms with E-state index in [1.165, 1.54) is 24.3 Å². The first kappa shape index (κ1) is 27.1. The Morgan fingerprint density at radius 3 is 1.65 bits per heavy atom. The van der Waals surface area contributed by atoms with Crippen LogP contribution in [0.5, 0.6) is 0 Å². The first-order valence-electron chi connectivity index (χ1n) is 12.5. The maximum Gasteiger partial charge on any atom is 0.261 e. The molecular formula is C33H24ClNO4S. The molecule has 0 saturated heterocycles. The average Bonchev–Trinajstić information content (AvgIpc) is 2.97. The second kappa shape index (κ2) is 11.3. The molecule has 0 aromatic heterocycles. The number of hydrogen-bond acceptors (Lipinski definition) is 4. The number of carbonyl (C=O) groups excluding carboxylic acids is 2. The van der Waals surface area contributed by atoms with Crippen LogP contribution in [0.1, 0.15) is 37.4 Å². The summed E-state index contributed by atoms with van der Waals surface area (Å²) in [5.74, 6) is -0.701. The average molecular weight is 566 g/mol. The highest BCUT2D eigenvalue weighted by Gasteiger charge is 2.26. The Balaban J connectivity index is 1.74. The van der Waals surface area contributed by atoms with Crippen molar-refractivity contribution < 1.29 is 18.0 Å². The van der Waals surface area contributed by atoms with Crippen molar-refractivity contribution in [3.05, 3.63) is 154 Å². The molecule has 1 N–H and O–H groups in total. The highest BCUT2D eigenvalue weighted by molar-refractivity contribution is 7.92. The van der Waals surface area contributed by atoms with E-state index in [0.29, 0.717) is 16.7 Å². The van der Waals surface area contributed by atoms with Gasteiger partial charge >= 0.3 is 0 Å². The fraction of sp³-hybridized carbons (Fsp3) is 0.0303. The van der Waals surface area contributed by atoms with Crippen molar-refractivity contribution in [3.8, 4) is 11.1 Å². The third kappa shape index (κ3) is 5.59. The van der Waals surface area contributed by atoms with Gasteiger partial charge in [0.05, 0.1) is 10.6 Å². The third-order valence-electron chi connectivity index (χ3n) is 6.44. The molecule has 0 saturated carbocycles. The lowest BCUT2D eigenvalue weighted by Gasteiger charge is -2.19. The minimum atomic E-state index is -3.99. The van der Waals surface area contributed by atoms with Gasteiger partial charge < -0.3 is 0 Å². The minimum absolute atomic E-state index is 0.0881. The van der Waals surface area contributed by atoms with Gasteiger partial charge in [-0.2, -0.15) is 0 Å². The maximum atomic E-state index is 13.8. The van der Waals surface area contributed by atoms with E-state index in [1.54, 1.807) is 97.1 Å². The Morgan fingerprint density at radius 2 is 1.12 bits per heavy atom. The van der Waals surface area contributed by atoms with Gasteiger partial charge in [0.25, 0.3) is 10.0 Å². The standard InChI is InChI=1S/C33H24ClNO4S/c1-22-16-18-26(19-17-22)40(38,39)35-30-15-9-8-14-27(30)31-28(32(36)23-10-4-2-5-11-23)20-25(34)21-29(31)33(37)24-12-6-3-7-13-24/h2-21,35H,1H3. The van der Waals surface area contributed by atoms with Crippen molar-refractivity contribution in [2.75, 3.05) is 4.72 Å². The summed E-state index contributed by atoms with van der Waals surface area (Å²) in [6, 6.07) is 33.5. The van der Waals surface area contributed by atoms with E-state index in [1.807, 2.05) is 6.92 Å². The summed E-state index contributed by atoms with van der Waals surface area (Å²) >= 11 is 6.50. The molecule has 0 atom stereocenters. The van der Waals surface area contributed by atoms with Crippen LogP contribution in [-0.2, 0) is 10.0 Å². The molecule has 5 nitrogen and oxygen atoms in total. The van der Waals surface area contributed by atoms with Gasteiger partial charge in [-0.25, -0.2) is 8.42 Å². The molecule has 0 bridgehead atoms. The van der Waals surface area contributed by atoms with Gasteiger partial charge in [-0.1, -0.05) is 108 Å². The summed E-state index contributed by atoms with van der Waals surface area (Å²) in [6.07, 6.45) is 0. The number of rotatable bonds is 8. The summed E-state index contributed by atoms with van der Waals surface area (Å²) in [4.78, 5) is 27.8. The lowest BCUT2D eigenvalue weighted by Crippen LogP contribution is -2.15. The van der Waals surface area contributed by atoms with Crippen LogP contribution < -0.4 is 4.72 Å². The topological polar surface area (TPSA) is 80.3 Å². The van der Waals surface area contributed by atoms with E-state index in [0.717, 1.165) is 5.56 Å². The number of benzene rings is 5. The molecule has 0 heterocycles. The molecule has 5 aromatic carbocycles. The molecule has 5 rings (SSSR count). The minimum Gasteiger partial charge on any atom is -0.289 e. The summed E-state index contributed by atoms with van der Waals surface area (Å²) in [5.41, 5.74) is 2.97. The van der Waals surface area contributed by atoms with Crippen molar-refractivity contribution in [2.45, 2.75) is 11.8 Å². The molecule has 0 radical (unpaired) electrons. The quantitative estimate of drug-likeness (QED) is 0.197. The van der Waals surface area contributed by atoms with E-state index in [2.05, 4.69) is 4.72 Å². The van der Waals surface area contributed by atoms with Crippen LogP contribution >= 0.6 is 11.6 Å². The van der Waals surface area contributed by atoms with Crippen LogP contribution in [0.15, 0.2) is 126 Å². The lowest BCUT2D eigenvalue weighted by atomic mass is 9.86. The van der Waals surface area contributed by atoms with Crippen molar-refractivity contribution in [2.24, 2.45) is 0 Å². The van der Waals surface area contributed by atoms with E-state index in [4.69, 9.17) is 11.6 Å². The number of hydrogen-bond donors (Lipinski definition) is 1. The Morgan fingerprint density at radius 1 is 0.650 bits per heavy atom. The number of anilines is 1. The van der Waals surface area contributed by atoms with Gasteiger partial charge in [0.15, 0.2) is 11.6 Å². The lowest BCUT2D eigenvalue weighted by molar-refractivity contribution is 0.103. The number of nitrogens with one attached hydrogen (secondary N) is 1. The molecule has 5 aromatic rings. The first-order chi connectivity index (χ1) is 19.2. The van der Waals surface area contributed by atoms with Crippen molar-refractivity contribution >= 4 is 38.9 Å². The second-order valence-electron chi connectivity index (χ2n) is 9.23. The molecule has 0 unspecified atom stereocenters. The molecule has 40 heavy (non-hydrogen) atoms. The first-order valence-corrected chi connectivity index (χ1v) is 14.3. The Hall–Kier alpha value is -4.52. The highest BCUT2D eigenvalue weighted by Crippen LogP contribution is 2.38. The van der Waals surface area contributed by atoms with Gasteiger partial charge in [0, 0.05) is 38.4 Å². The van der Waals surface area contributed by atoms with Crippen LogP contribution in [0, 0.1) is 6.92 Å².